The van der Waals surface area contributed by atoms with Crippen LogP contribution in [0.4, 0.5) is 0 Å². The molecule has 0 bridgehead atoms. The monoisotopic (exact) mass is 159 g/mol. The van der Waals surface area contributed by atoms with Crippen molar-refractivity contribution in [2.24, 2.45) is 0 Å². The van der Waals surface area contributed by atoms with E-state index in [-0.39, 0.29) is 0 Å². The fourth-order valence-electron chi connectivity index (χ4n) is 1.59. The quantitative estimate of drug-likeness (QED) is 0.593. The van der Waals surface area contributed by atoms with Crippen LogP contribution in [0.2, 0.25) is 0 Å². The van der Waals surface area contributed by atoms with Crippen LogP contribution in [0.15, 0.2) is 0 Å². The first kappa shape index (κ1) is 8.97. The number of likely N-dealkylation sites (tertiary alicyclic amines) is 1. The molecule has 1 aliphatic rings. The van der Waals surface area contributed by atoms with E-state index >= 15 is 0 Å². The summed E-state index contributed by atoms with van der Waals surface area (Å²) in [6.07, 6.45) is 1.50. The van der Waals surface area contributed by atoms with E-state index in [4.69, 9.17) is 9.47 Å². The summed E-state index contributed by atoms with van der Waals surface area (Å²) in [6.45, 7) is 1.85. The lowest BCUT2D eigenvalue weighted by Gasteiger charge is -2.16. The Balaban J connectivity index is 2.32. The van der Waals surface area contributed by atoms with E-state index in [2.05, 4.69) is 11.9 Å². The summed E-state index contributed by atoms with van der Waals surface area (Å²) < 4.78 is 10.4. The maximum atomic E-state index is 5.26. The maximum Gasteiger partial charge on any atom is 0.0714 e. The van der Waals surface area contributed by atoms with Crippen molar-refractivity contribution in [3.05, 3.63) is 0 Å². The van der Waals surface area contributed by atoms with Crippen LogP contribution in [0.5, 0.6) is 0 Å². The van der Waals surface area contributed by atoms with Crippen LogP contribution in [0.3, 0.4) is 0 Å². The summed E-state index contributed by atoms with van der Waals surface area (Å²) in [5.74, 6) is 0. The summed E-state index contributed by atoms with van der Waals surface area (Å²) in [5.41, 5.74) is 0. The molecule has 0 saturated carbocycles. The summed E-state index contributed by atoms with van der Waals surface area (Å²) in [4.78, 5) is 2.29. The lowest BCUT2D eigenvalue weighted by molar-refractivity contribution is 0.110. The second kappa shape index (κ2) is 4.04. The van der Waals surface area contributed by atoms with Crippen molar-refractivity contribution in [1.82, 2.24) is 4.90 Å². The highest BCUT2D eigenvalue weighted by Crippen LogP contribution is 2.17. The van der Waals surface area contributed by atoms with Gasteiger partial charge in [-0.1, -0.05) is 0 Å². The molecular weight excluding hydrogens is 142 g/mol. The Labute approximate surface area is 68.3 Å². The van der Waals surface area contributed by atoms with Crippen LogP contribution in [0.1, 0.15) is 6.42 Å². The third kappa shape index (κ3) is 2.15. The van der Waals surface area contributed by atoms with Crippen LogP contribution in [-0.2, 0) is 9.47 Å². The van der Waals surface area contributed by atoms with Gasteiger partial charge in [0, 0.05) is 26.8 Å². The van der Waals surface area contributed by atoms with Gasteiger partial charge in [0.2, 0.25) is 0 Å². The Hall–Kier alpha value is -0.120. The van der Waals surface area contributed by atoms with Gasteiger partial charge in [-0.05, 0) is 13.5 Å². The normalized spacial score (nSPS) is 33.0. The average Bonchev–Trinajstić information content (AvgIpc) is 2.33. The van der Waals surface area contributed by atoms with Crippen molar-refractivity contribution < 1.29 is 9.47 Å². The first-order chi connectivity index (χ1) is 5.27. The fraction of sp³-hybridized carbons (Fsp3) is 1.00. The molecule has 2 atom stereocenters. The number of rotatable bonds is 3. The minimum absolute atomic E-state index is 0.403. The molecule has 1 rings (SSSR count). The Morgan fingerprint density at radius 2 is 2.18 bits per heavy atom. The van der Waals surface area contributed by atoms with E-state index in [0.717, 1.165) is 19.6 Å². The Morgan fingerprint density at radius 3 is 2.64 bits per heavy atom. The number of likely N-dealkylation sites (N-methyl/N-ethyl adjacent to an activating group) is 1. The molecule has 0 aromatic rings. The van der Waals surface area contributed by atoms with Gasteiger partial charge in [-0.25, -0.2) is 0 Å². The number of hydrogen-bond donors (Lipinski definition) is 0. The van der Waals surface area contributed by atoms with Gasteiger partial charge in [0.1, 0.15) is 0 Å². The zero-order valence-corrected chi connectivity index (χ0v) is 7.54. The lowest BCUT2D eigenvalue weighted by Crippen LogP contribution is -2.28. The van der Waals surface area contributed by atoms with Gasteiger partial charge in [0.05, 0.1) is 12.7 Å². The molecule has 0 aromatic carbocycles. The molecule has 0 spiro atoms. The van der Waals surface area contributed by atoms with Crippen molar-refractivity contribution in [3.63, 3.8) is 0 Å². The van der Waals surface area contributed by atoms with Crippen molar-refractivity contribution in [2.45, 2.75) is 18.6 Å². The van der Waals surface area contributed by atoms with Gasteiger partial charge in [-0.15, -0.1) is 0 Å². The summed E-state index contributed by atoms with van der Waals surface area (Å²) in [7, 11) is 5.63. The molecule has 0 N–H and O–H groups in total. The summed E-state index contributed by atoms with van der Waals surface area (Å²) in [6, 6.07) is 0.546. The highest BCUT2D eigenvalue weighted by atomic mass is 16.5. The van der Waals surface area contributed by atoms with Gasteiger partial charge < -0.3 is 9.47 Å². The molecule has 1 fully saturated rings. The maximum absolute atomic E-state index is 5.26. The van der Waals surface area contributed by atoms with Gasteiger partial charge in [-0.3, -0.25) is 4.90 Å². The molecule has 0 aliphatic carbocycles. The predicted octanol–water partition coefficient (Wildman–Crippen LogP) is 0.352. The Morgan fingerprint density at radius 1 is 1.45 bits per heavy atom. The second-order valence-corrected chi connectivity index (χ2v) is 3.14. The van der Waals surface area contributed by atoms with E-state index in [1.54, 1.807) is 14.2 Å². The molecule has 0 amide bonds. The highest BCUT2D eigenvalue weighted by Gasteiger charge is 2.28. The van der Waals surface area contributed by atoms with Crippen molar-refractivity contribution >= 4 is 0 Å². The Bertz CT molecular complexity index is 119. The van der Waals surface area contributed by atoms with Gasteiger partial charge in [-0.2, -0.15) is 0 Å². The third-order valence-electron chi connectivity index (χ3n) is 2.34. The molecule has 66 valence electrons. The van der Waals surface area contributed by atoms with Crippen molar-refractivity contribution in [1.29, 1.82) is 0 Å². The minimum Gasteiger partial charge on any atom is -0.383 e. The van der Waals surface area contributed by atoms with Gasteiger partial charge in [0.25, 0.3) is 0 Å². The molecule has 3 nitrogen and oxygen atoms in total. The second-order valence-electron chi connectivity index (χ2n) is 3.14. The van der Waals surface area contributed by atoms with Crippen LogP contribution >= 0.6 is 0 Å². The number of hydrogen-bond acceptors (Lipinski definition) is 3. The van der Waals surface area contributed by atoms with E-state index in [9.17, 15) is 0 Å². The van der Waals surface area contributed by atoms with E-state index in [1.807, 2.05) is 0 Å². The van der Waals surface area contributed by atoms with Crippen LogP contribution in [-0.4, -0.2) is 51.5 Å². The molecule has 1 saturated heterocycles. The first-order valence-electron chi connectivity index (χ1n) is 4.00. The molecule has 1 aliphatic heterocycles. The smallest absolute Gasteiger partial charge is 0.0714 e. The van der Waals surface area contributed by atoms with Crippen molar-refractivity contribution in [2.75, 3.05) is 34.4 Å². The largest absolute Gasteiger partial charge is 0.383 e. The zero-order chi connectivity index (χ0) is 8.27. The van der Waals surface area contributed by atoms with Crippen LogP contribution in [0, 0.1) is 0 Å². The fourth-order valence-corrected chi connectivity index (χ4v) is 1.59. The van der Waals surface area contributed by atoms with E-state index in [0.29, 0.717) is 12.1 Å². The summed E-state index contributed by atoms with van der Waals surface area (Å²) in [5, 5.41) is 0. The minimum atomic E-state index is 0.403. The third-order valence-corrected chi connectivity index (χ3v) is 2.34. The van der Waals surface area contributed by atoms with Crippen LogP contribution < -0.4 is 0 Å². The van der Waals surface area contributed by atoms with Gasteiger partial charge >= 0.3 is 0 Å². The average molecular weight is 159 g/mol. The number of ether oxygens (including phenoxy) is 2. The highest BCUT2D eigenvalue weighted by molar-refractivity contribution is 4.83. The summed E-state index contributed by atoms with van der Waals surface area (Å²) >= 11 is 0. The molecule has 1 heterocycles. The molecule has 0 unspecified atom stereocenters. The standard InChI is InChI=1S/C8H17NO2/c1-9-5-8(11-3)4-7(9)6-10-2/h7-8H,4-6H2,1-3H3/t7-,8-/m1/s1. The molecule has 11 heavy (non-hydrogen) atoms. The number of nitrogens with zero attached hydrogens (tertiary/aromatic N) is 1. The SMILES string of the molecule is COC[C@H]1C[C@@H](OC)CN1C. The zero-order valence-electron chi connectivity index (χ0n) is 7.54. The lowest BCUT2D eigenvalue weighted by atomic mass is 10.2. The molecular formula is C8H17NO2. The predicted molar refractivity (Wildman–Crippen MR) is 43.7 cm³/mol. The van der Waals surface area contributed by atoms with E-state index < -0.39 is 0 Å². The molecule has 3 heteroatoms. The molecule has 0 aromatic heterocycles. The first-order valence-corrected chi connectivity index (χ1v) is 4.00. The van der Waals surface area contributed by atoms with E-state index in [1.165, 1.54) is 0 Å². The number of methoxy groups -OCH3 is 2. The van der Waals surface area contributed by atoms with Gasteiger partial charge in [0.15, 0.2) is 0 Å². The Kier molecular flexibility index (Phi) is 3.30. The topological polar surface area (TPSA) is 21.7 Å². The van der Waals surface area contributed by atoms with Crippen molar-refractivity contribution in [3.8, 4) is 0 Å². The van der Waals surface area contributed by atoms with Crippen LogP contribution in [0.25, 0.3) is 0 Å². The molecule has 0 radical (unpaired) electrons.